The number of aliphatic imine (C=N–C) groups is 1. The Bertz CT molecular complexity index is 275. The molecular weight excluding hydrogens is 343 g/mol. The van der Waals surface area contributed by atoms with Gasteiger partial charge in [-0.25, -0.2) is 0 Å². The monoisotopic (exact) mass is 368 g/mol. The summed E-state index contributed by atoms with van der Waals surface area (Å²) in [5.41, 5.74) is 0. The van der Waals surface area contributed by atoms with E-state index in [1.807, 2.05) is 0 Å². The van der Waals surface area contributed by atoms with E-state index in [0.29, 0.717) is 19.0 Å². The minimum atomic E-state index is 0. The summed E-state index contributed by atoms with van der Waals surface area (Å²) in [6.45, 7) is 0.628. The number of halogens is 1. The van der Waals surface area contributed by atoms with Crippen molar-refractivity contribution in [2.45, 2.75) is 38.1 Å². The molecule has 0 atom stereocenters. The van der Waals surface area contributed by atoms with Crippen LogP contribution in [0.25, 0.3) is 0 Å². The molecule has 2 N–H and O–H groups in total. The lowest BCUT2D eigenvalue weighted by molar-refractivity contribution is -0.128. The van der Waals surface area contributed by atoms with Crippen molar-refractivity contribution in [2.24, 2.45) is 4.99 Å². The Hall–Kier alpha value is -0.530. The molecule has 1 fully saturated rings. The first-order valence-electron chi connectivity index (χ1n) is 6.31. The SMILES string of the molecule is CN=C(NCCC(=O)N(C)C)NC1CCCC1.I. The van der Waals surface area contributed by atoms with Gasteiger partial charge in [0.15, 0.2) is 5.96 Å². The third-order valence-electron chi connectivity index (χ3n) is 3.05. The van der Waals surface area contributed by atoms with E-state index < -0.39 is 0 Å². The number of carbonyl (C=O) groups excluding carboxylic acids is 1. The molecule has 0 aliphatic heterocycles. The van der Waals surface area contributed by atoms with Crippen LogP contribution in [-0.2, 0) is 4.79 Å². The zero-order valence-electron chi connectivity index (χ0n) is 11.5. The van der Waals surface area contributed by atoms with Gasteiger partial charge in [0, 0.05) is 40.2 Å². The van der Waals surface area contributed by atoms with Crippen molar-refractivity contribution in [1.82, 2.24) is 15.5 Å². The Morgan fingerprint density at radius 3 is 2.44 bits per heavy atom. The predicted molar refractivity (Wildman–Crippen MR) is 85.5 cm³/mol. The first-order chi connectivity index (χ1) is 8.13. The molecule has 1 saturated carbocycles. The summed E-state index contributed by atoms with van der Waals surface area (Å²) < 4.78 is 0. The van der Waals surface area contributed by atoms with Crippen LogP contribution < -0.4 is 10.6 Å². The molecule has 1 amide bonds. The van der Waals surface area contributed by atoms with Crippen molar-refractivity contribution in [3.63, 3.8) is 0 Å². The minimum absolute atomic E-state index is 0. The van der Waals surface area contributed by atoms with Crippen LogP contribution in [0.15, 0.2) is 4.99 Å². The number of guanidine groups is 1. The molecule has 1 aliphatic carbocycles. The first-order valence-corrected chi connectivity index (χ1v) is 6.31. The van der Waals surface area contributed by atoms with Crippen LogP contribution in [0.4, 0.5) is 0 Å². The maximum absolute atomic E-state index is 11.4. The van der Waals surface area contributed by atoms with Crippen molar-refractivity contribution >= 4 is 35.8 Å². The molecule has 0 aromatic rings. The summed E-state index contributed by atoms with van der Waals surface area (Å²) in [6.07, 6.45) is 5.54. The van der Waals surface area contributed by atoms with E-state index in [-0.39, 0.29) is 29.9 Å². The van der Waals surface area contributed by atoms with Gasteiger partial charge in [-0.3, -0.25) is 9.79 Å². The number of nitrogens with zero attached hydrogens (tertiary/aromatic N) is 2. The molecule has 0 radical (unpaired) electrons. The summed E-state index contributed by atoms with van der Waals surface area (Å²) in [7, 11) is 5.31. The lowest BCUT2D eigenvalue weighted by Gasteiger charge is -2.17. The molecular formula is C12H25IN4O. The Kier molecular flexibility index (Phi) is 9.13. The molecule has 1 rings (SSSR count). The molecule has 0 bridgehead atoms. The highest BCUT2D eigenvalue weighted by molar-refractivity contribution is 14.0. The van der Waals surface area contributed by atoms with E-state index in [9.17, 15) is 4.79 Å². The highest BCUT2D eigenvalue weighted by atomic mass is 127. The van der Waals surface area contributed by atoms with E-state index in [1.54, 1.807) is 26.0 Å². The molecule has 0 aromatic carbocycles. The Morgan fingerprint density at radius 1 is 1.33 bits per heavy atom. The second-order valence-corrected chi connectivity index (χ2v) is 4.66. The van der Waals surface area contributed by atoms with Gasteiger partial charge >= 0.3 is 0 Å². The number of nitrogens with one attached hydrogen (secondary N) is 2. The van der Waals surface area contributed by atoms with Crippen LogP contribution in [0.3, 0.4) is 0 Å². The quantitative estimate of drug-likeness (QED) is 0.445. The van der Waals surface area contributed by atoms with Crippen molar-refractivity contribution < 1.29 is 4.79 Å². The fraction of sp³-hybridized carbons (Fsp3) is 0.833. The maximum atomic E-state index is 11.4. The van der Waals surface area contributed by atoms with Gasteiger partial charge in [-0.1, -0.05) is 12.8 Å². The second kappa shape index (κ2) is 9.41. The normalized spacial score (nSPS) is 16.1. The van der Waals surface area contributed by atoms with Gasteiger partial charge in [-0.2, -0.15) is 0 Å². The van der Waals surface area contributed by atoms with Crippen LogP contribution in [0.2, 0.25) is 0 Å². The van der Waals surface area contributed by atoms with Gasteiger partial charge in [0.25, 0.3) is 0 Å². The summed E-state index contributed by atoms with van der Waals surface area (Å²) in [6, 6.07) is 0.547. The standard InChI is InChI=1S/C12H24N4O.HI/c1-13-12(15-10-6-4-5-7-10)14-9-8-11(17)16(2)3;/h10H,4-9H2,1-3H3,(H2,13,14,15);1H. The number of amides is 1. The molecule has 106 valence electrons. The topological polar surface area (TPSA) is 56.7 Å². The highest BCUT2D eigenvalue weighted by Gasteiger charge is 2.15. The minimum Gasteiger partial charge on any atom is -0.356 e. The zero-order chi connectivity index (χ0) is 12.7. The van der Waals surface area contributed by atoms with Crippen molar-refractivity contribution in [2.75, 3.05) is 27.7 Å². The van der Waals surface area contributed by atoms with Crippen molar-refractivity contribution in [3.05, 3.63) is 0 Å². The number of hydrogen-bond acceptors (Lipinski definition) is 2. The number of hydrogen-bond donors (Lipinski definition) is 2. The highest BCUT2D eigenvalue weighted by Crippen LogP contribution is 2.17. The van der Waals surface area contributed by atoms with Crippen molar-refractivity contribution in [3.8, 4) is 0 Å². The average Bonchev–Trinajstić information content (AvgIpc) is 2.80. The van der Waals surface area contributed by atoms with Crippen LogP contribution in [0.1, 0.15) is 32.1 Å². The van der Waals surface area contributed by atoms with Gasteiger partial charge < -0.3 is 15.5 Å². The summed E-state index contributed by atoms with van der Waals surface area (Å²) in [4.78, 5) is 17.2. The Balaban J connectivity index is 0.00000289. The van der Waals surface area contributed by atoms with E-state index in [1.165, 1.54) is 25.7 Å². The van der Waals surface area contributed by atoms with E-state index >= 15 is 0 Å². The molecule has 1 aliphatic rings. The maximum Gasteiger partial charge on any atom is 0.223 e. The molecule has 0 aromatic heterocycles. The number of carbonyl (C=O) groups is 1. The van der Waals surface area contributed by atoms with Gasteiger partial charge in [-0.15, -0.1) is 24.0 Å². The van der Waals surface area contributed by atoms with Crippen LogP contribution in [0, 0.1) is 0 Å². The summed E-state index contributed by atoms with van der Waals surface area (Å²) >= 11 is 0. The predicted octanol–water partition coefficient (Wildman–Crippen LogP) is 1.19. The fourth-order valence-electron chi connectivity index (χ4n) is 1.97. The van der Waals surface area contributed by atoms with Gasteiger partial charge in [0.1, 0.15) is 0 Å². The average molecular weight is 368 g/mol. The summed E-state index contributed by atoms with van der Waals surface area (Å²) in [5, 5.41) is 6.56. The molecule has 6 heteroatoms. The molecule has 0 unspecified atom stereocenters. The lowest BCUT2D eigenvalue weighted by Crippen LogP contribution is -2.43. The Morgan fingerprint density at radius 2 is 1.94 bits per heavy atom. The van der Waals surface area contributed by atoms with E-state index in [0.717, 1.165) is 5.96 Å². The van der Waals surface area contributed by atoms with Gasteiger partial charge in [0.05, 0.1) is 0 Å². The fourth-order valence-corrected chi connectivity index (χ4v) is 1.97. The van der Waals surface area contributed by atoms with E-state index in [4.69, 9.17) is 0 Å². The lowest BCUT2D eigenvalue weighted by atomic mass is 10.2. The van der Waals surface area contributed by atoms with Crippen molar-refractivity contribution in [1.29, 1.82) is 0 Å². The van der Waals surface area contributed by atoms with Crippen LogP contribution in [0.5, 0.6) is 0 Å². The molecule has 0 saturated heterocycles. The smallest absolute Gasteiger partial charge is 0.223 e. The largest absolute Gasteiger partial charge is 0.356 e. The molecule has 0 spiro atoms. The Labute approximate surface area is 127 Å². The van der Waals surface area contributed by atoms with E-state index in [2.05, 4.69) is 15.6 Å². The van der Waals surface area contributed by atoms with Gasteiger partial charge in [0.2, 0.25) is 5.91 Å². The third kappa shape index (κ3) is 6.42. The molecule has 5 nitrogen and oxygen atoms in total. The zero-order valence-corrected chi connectivity index (χ0v) is 13.9. The van der Waals surface area contributed by atoms with Gasteiger partial charge in [-0.05, 0) is 12.8 Å². The summed E-state index contributed by atoms with van der Waals surface area (Å²) in [5.74, 6) is 0.942. The number of rotatable bonds is 4. The van der Waals surface area contributed by atoms with Crippen LogP contribution >= 0.6 is 24.0 Å². The first kappa shape index (κ1) is 17.5. The second-order valence-electron chi connectivity index (χ2n) is 4.66. The molecule has 18 heavy (non-hydrogen) atoms. The van der Waals surface area contributed by atoms with Crippen LogP contribution in [-0.4, -0.2) is 50.5 Å². The third-order valence-corrected chi connectivity index (χ3v) is 3.05. The molecule has 0 heterocycles.